The number of hydrogen-bond acceptors (Lipinski definition) is 4. The lowest BCUT2D eigenvalue weighted by molar-refractivity contribution is 0.0737. The second-order valence-electron chi connectivity index (χ2n) is 6.33. The zero-order chi connectivity index (χ0) is 21.6. The molecule has 9 heteroatoms. The van der Waals surface area contributed by atoms with Crippen LogP contribution in [-0.4, -0.2) is 18.9 Å². The molecule has 30 heavy (non-hydrogen) atoms. The minimum atomic E-state index is -4.52. The Balaban J connectivity index is 2.03. The van der Waals surface area contributed by atoms with Gasteiger partial charge in [0.05, 0.1) is 5.56 Å². The van der Waals surface area contributed by atoms with E-state index in [4.69, 9.17) is 4.74 Å². The summed E-state index contributed by atoms with van der Waals surface area (Å²) in [7, 11) is -4.52. The van der Waals surface area contributed by atoms with E-state index < -0.39 is 16.1 Å². The molecule has 0 aromatic heterocycles. The van der Waals surface area contributed by atoms with E-state index in [9.17, 15) is 17.8 Å². The van der Waals surface area contributed by atoms with Crippen LogP contribution in [0.4, 0.5) is 0 Å². The first kappa shape index (κ1) is 22.2. The Morgan fingerprint density at radius 3 is 1.73 bits per heavy atom. The molecular weight excluding hydrogens is 745 g/mol. The molecule has 0 unspecified atom stereocenters. The van der Waals surface area contributed by atoms with Crippen molar-refractivity contribution in [3.63, 3.8) is 0 Å². The maximum absolute atomic E-state index is 13.2. The summed E-state index contributed by atoms with van der Waals surface area (Å²) < 4.78 is 42.6. The zero-order valence-corrected chi connectivity index (χ0v) is 22.2. The van der Waals surface area contributed by atoms with Crippen LogP contribution in [0.3, 0.4) is 0 Å². The van der Waals surface area contributed by atoms with E-state index >= 15 is 0 Å². The maximum atomic E-state index is 13.2. The van der Waals surface area contributed by atoms with E-state index in [0.29, 0.717) is 16.3 Å². The molecule has 0 amide bonds. The number of esters is 1. The number of rotatable bonds is 3. The van der Waals surface area contributed by atoms with Crippen molar-refractivity contribution in [2.24, 2.45) is 0 Å². The Hall–Kier alpha value is -1.03. The highest BCUT2D eigenvalue weighted by molar-refractivity contribution is 14.1. The van der Waals surface area contributed by atoms with Gasteiger partial charge >= 0.3 is 5.97 Å². The van der Waals surface area contributed by atoms with Crippen LogP contribution in [0.1, 0.15) is 10.4 Å². The van der Waals surface area contributed by atoms with Crippen LogP contribution in [0, 0.1) is 10.7 Å². The highest BCUT2D eigenvalue weighted by Crippen LogP contribution is 2.41. The summed E-state index contributed by atoms with van der Waals surface area (Å²) in [4.78, 5) is 13.0. The lowest BCUT2D eigenvalue weighted by Crippen LogP contribution is -2.14. The van der Waals surface area contributed by atoms with Crippen LogP contribution in [0.25, 0.3) is 21.5 Å². The predicted octanol–water partition coefficient (Wildman–Crippen LogP) is 6.27. The topological polar surface area (TPSA) is 80.7 Å². The molecule has 0 radical (unpaired) electrons. The van der Waals surface area contributed by atoms with Gasteiger partial charge in [-0.05, 0) is 79.9 Å². The van der Waals surface area contributed by atoms with Crippen molar-refractivity contribution >= 4 is 105 Å². The van der Waals surface area contributed by atoms with Gasteiger partial charge in [0.25, 0.3) is 10.1 Å². The maximum Gasteiger partial charge on any atom is 0.345 e. The lowest BCUT2D eigenvalue weighted by Gasteiger charge is -2.16. The molecule has 0 saturated carbocycles. The molecule has 4 rings (SSSR count). The fourth-order valence-electron chi connectivity index (χ4n) is 3.29. The Morgan fingerprint density at radius 2 is 1.23 bits per heavy atom. The molecule has 152 valence electrons. The van der Waals surface area contributed by atoms with Crippen molar-refractivity contribution in [1.29, 1.82) is 0 Å². The molecule has 0 aliphatic rings. The number of halogens is 3. The summed E-state index contributed by atoms with van der Waals surface area (Å²) >= 11 is 6.37. The second kappa shape index (κ2) is 8.48. The highest BCUT2D eigenvalue weighted by atomic mass is 127. The van der Waals surface area contributed by atoms with Crippen LogP contribution in [0.15, 0.2) is 65.6 Å². The largest absolute Gasteiger partial charge is 0.422 e. The fraction of sp³-hybridized carbons (Fsp3) is 0. The first-order valence-corrected chi connectivity index (χ1v) is 13.1. The summed E-state index contributed by atoms with van der Waals surface area (Å²) in [5.74, 6) is -0.277. The van der Waals surface area contributed by atoms with Gasteiger partial charge in [0.2, 0.25) is 0 Å². The number of carbonyl (C=O) groups is 1. The average molecular weight is 756 g/mol. The van der Waals surface area contributed by atoms with E-state index in [-0.39, 0.29) is 21.4 Å². The number of hydrogen-bond donors (Lipinski definition) is 1. The van der Waals surface area contributed by atoms with E-state index in [1.807, 2.05) is 12.1 Å². The van der Waals surface area contributed by atoms with E-state index in [1.165, 1.54) is 0 Å². The number of benzene rings is 4. The Morgan fingerprint density at radius 1 is 0.767 bits per heavy atom. The van der Waals surface area contributed by atoms with Crippen LogP contribution in [-0.2, 0) is 10.1 Å². The summed E-state index contributed by atoms with van der Waals surface area (Å²) in [5, 5.41) is 1.42. The smallest absolute Gasteiger partial charge is 0.345 e. The van der Waals surface area contributed by atoms with Crippen LogP contribution in [0.5, 0.6) is 5.75 Å². The van der Waals surface area contributed by atoms with Crippen molar-refractivity contribution in [2.75, 3.05) is 0 Å². The minimum absolute atomic E-state index is 0.202. The first-order chi connectivity index (χ1) is 14.2. The van der Waals surface area contributed by atoms with Gasteiger partial charge in [-0.2, -0.15) is 8.42 Å². The molecule has 0 heterocycles. The van der Waals surface area contributed by atoms with Gasteiger partial charge in [-0.25, -0.2) is 4.79 Å². The molecule has 0 aliphatic carbocycles. The number of ether oxygens (including phenoxy) is 1. The number of fused-ring (bicyclic) bond motifs is 2. The molecule has 0 fully saturated rings. The molecule has 0 spiro atoms. The quantitative estimate of drug-likeness (QED) is 0.0667. The third-order valence-corrected chi connectivity index (χ3v) is 9.44. The lowest BCUT2D eigenvalue weighted by atomic mass is 10.0. The zero-order valence-electron chi connectivity index (χ0n) is 14.9. The van der Waals surface area contributed by atoms with Crippen molar-refractivity contribution in [3.8, 4) is 5.75 Å². The van der Waals surface area contributed by atoms with Crippen LogP contribution >= 0.6 is 67.8 Å². The van der Waals surface area contributed by atoms with Crippen LogP contribution in [0.2, 0.25) is 0 Å². The summed E-state index contributed by atoms with van der Waals surface area (Å²) in [6.45, 7) is 0. The monoisotopic (exact) mass is 756 g/mol. The third-order valence-electron chi connectivity index (χ3n) is 4.53. The summed E-state index contributed by atoms with van der Waals surface area (Å²) in [6, 6.07) is 17.1. The van der Waals surface area contributed by atoms with Gasteiger partial charge in [-0.15, -0.1) is 0 Å². The fourth-order valence-corrected chi connectivity index (χ4v) is 6.53. The van der Waals surface area contributed by atoms with Crippen LogP contribution < -0.4 is 4.74 Å². The Bertz CT molecular complexity index is 1390. The third kappa shape index (κ3) is 3.94. The molecule has 1 N–H and O–H groups in total. The van der Waals surface area contributed by atoms with Gasteiger partial charge in [0.15, 0.2) is 0 Å². The van der Waals surface area contributed by atoms with Gasteiger partial charge < -0.3 is 4.74 Å². The highest BCUT2D eigenvalue weighted by Gasteiger charge is 2.25. The van der Waals surface area contributed by atoms with Crippen molar-refractivity contribution in [1.82, 2.24) is 0 Å². The number of carbonyl (C=O) groups excluding carboxylic acids is 1. The molecule has 5 nitrogen and oxygen atoms in total. The van der Waals surface area contributed by atoms with Crippen molar-refractivity contribution in [3.05, 3.63) is 76.9 Å². The minimum Gasteiger partial charge on any atom is -0.422 e. The van der Waals surface area contributed by atoms with E-state index in [1.54, 1.807) is 48.5 Å². The standard InChI is InChI=1S/C21H11I3O5S/c22-15-9-10-16(23)18(24)17(15)21(25)29-19-11-5-1-3-7-13(11)20(30(26,27)28)14-8-4-2-6-12(14)19/h1-10H,(H,26,27,28). The van der Waals surface area contributed by atoms with Gasteiger partial charge in [-0.3, -0.25) is 4.55 Å². The normalized spacial score (nSPS) is 11.7. The Labute approximate surface area is 213 Å². The SMILES string of the molecule is O=C(Oc1c2ccccc2c(S(=O)(=O)O)c2ccccc12)c1c(I)ccc(I)c1I. The van der Waals surface area contributed by atoms with Crippen molar-refractivity contribution in [2.45, 2.75) is 4.90 Å². The Kier molecular flexibility index (Phi) is 6.27. The van der Waals surface area contributed by atoms with Gasteiger partial charge in [0.1, 0.15) is 10.6 Å². The molecule has 4 aromatic carbocycles. The van der Waals surface area contributed by atoms with Crippen molar-refractivity contribution < 1.29 is 22.5 Å². The summed E-state index contributed by atoms with van der Waals surface area (Å²) in [5.41, 5.74) is 0.454. The molecule has 0 atom stereocenters. The van der Waals surface area contributed by atoms with Gasteiger partial charge in [-0.1, -0.05) is 48.5 Å². The molecule has 4 aromatic rings. The average Bonchev–Trinajstić information content (AvgIpc) is 2.70. The molecular formula is C21H11I3O5S. The van der Waals surface area contributed by atoms with E-state index in [2.05, 4.69) is 67.8 Å². The second-order valence-corrected chi connectivity index (χ2v) is 11.1. The summed E-state index contributed by atoms with van der Waals surface area (Å²) in [6.07, 6.45) is 0. The van der Waals surface area contributed by atoms with Gasteiger partial charge in [0, 0.05) is 32.3 Å². The molecule has 0 aliphatic heterocycles. The molecule has 0 saturated heterocycles. The first-order valence-electron chi connectivity index (χ1n) is 8.46. The van der Waals surface area contributed by atoms with E-state index in [0.717, 1.165) is 10.7 Å². The molecule has 0 bridgehead atoms. The predicted molar refractivity (Wildman–Crippen MR) is 141 cm³/mol.